The molecule has 2 saturated heterocycles. The van der Waals surface area contributed by atoms with Crippen LogP contribution >= 0.6 is 0 Å². The van der Waals surface area contributed by atoms with Crippen molar-refractivity contribution < 1.29 is 9.90 Å². The van der Waals surface area contributed by atoms with Gasteiger partial charge in [-0.3, -0.25) is 21.0 Å². The maximum atomic E-state index is 11.6. The van der Waals surface area contributed by atoms with E-state index in [4.69, 9.17) is 9.83 Å². The molecule has 5 unspecified atom stereocenters. The lowest BCUT2D eigenvalue weighted by Gasteiger charge is -2.35. The predicted molar refractivity (Wildman–Crippen MR) is 78.2 cm³/mol. The Balaban J connectivity index is 2.04. The second-order valence-corrected chi connectivity index (χ2v) is 5.98. The van der Waals surface area contributed by atoms with Crippen LogP contribution in [0.5, 0.6) is 0 Å². The van der Waals surface area contributed by atoms with Gasteiger partial charge in [0.1, 0.15) is 18.0 Å². The van der Waals surface area contributed by atoms with Crippen LogP contribution in [0.15, 0.2) is 4.99 Å². The molecule has 0 amide bonds. The van der Waals surface area contributed by atoms with Crippen molar-refractivity contribution in [1.82, 2.24) is 16.1 Å². The van der Waals surface area contributed by atoms with Gasteiger partial charge in [-0.15, -0.1) is 0 Å². The summed E-state index contributed by atoms with van der Waals surface area (Å²) in [6.07, 6.45) is 2.28. The summed E-state index contributed by atoms with van der Waals surface area (Å²) >= 11 is 0. The summed E-state index contributed by atoms with van der Waals surface area (Å²) in [7, 11) is 1.57. The molecule has 7 nitrogen and oxygen atoms in total. The van der Waals surface area contributed by atoms with E-state index >= 15 is 0 Å². The first-order chi connectivity index (χ1) is 9.58. The molecule has 0 spiro atoms. The molecule has 2 rings (SSSR count). The summed E-state index contributed by atoms with van der Waals surface area (Å²) in [5, 5.41) is 18.7. The number of quaternary nitrogens is 1. The largest absolute Gasteiger partial charge is 0.634 e. The molecule has 2 fully saturated rings. The minimum absolute atomic E-state index is 0.0643. The molecule has 0 aromatic carbocycles. The van der Waals surface area contributed by atoms with E-state index in [2.05, 4.69) is 30.0 Å². The highest BCUT2D eigenvalue weighted by molar-refractivity contribution is 5.87. The van der Waals surface area contributed by atoms with E-state index in [0.29, 0.717) is 31.6 Å². The van der Waals surface area contributed by atoms with Gasteiger partial charge >= 0.3 is 0 Å². The molecule has 0 aliphatic carbocycles. The Hall–Kier alpha value is -0.730. The summed E-state index contributed by atoms with van der Waals surface area (Å²) in [6.45, 7) is 6.23. The van der Waals surface area contributed by atoms with E-state index in [9.17, 15) is 5.21 Å². The van der Waals surface area contributed by atoms with Crippen LogP contribution in [-0.4, -0.2) is 50.8 Å². The molecule has 116 valence electrons. The van der Waals surface area contributed by atoms with Gasteiger partial charge in [0.15, 0.2) is 0 Å². The summed E-state index contributed by atoms with van der Waals surface area (Å²) in [4.78, 5) is 9.77. The maximum Gasteiger partial charge on any atom is 0.145 e. The molecule has 0 aromatic rings. The zero-order valence-corrected chi connectivity index (χ0v) is 12.6. The fraction of sp³-hybridized carbons (Fsp3) is 0.923. The average molecular weight is 285 g/mol. The van der Waals surface area contributed by atoms with Crippen molar-refractivity contribution in [3.05, 3.63) is 5.21 Å². The Kier molecular flexibility index (Phi) is 5.74. The predicted octanol–water partition coefficient (Wildman–Crippen LogP) is -1.38. The lowest BCUT2D eigenvalue weighted by Crippen LogP contribution is -3.11. The number of hydrogen-bond donors (Lipinski definition) is 4. The zero-order valence-electron chi connectivity index (χ0n) is 12.6. The van der Waals surface area contributed by atoms with E-state index in [0.717, 1.165) is 12.3 Å². The van der Waals surface area contributed by atoms with Gasteiger partial charge < -0.3 is 10.3 Å². The quantitative estimate of drug-likeness (QED) is 0.222. The molecule has 0 bridgehead atoms. The van der Waals surface area contributed by atoms with Gasteiger partial charge in [-0.2, -0.15) is 0 Å². The standard InChI is InChI=1S/C13H27N5O2/c1-9-6-10(2)15-12(7-9)16-13(17-20-3)11-8-18(19)5-4-14-11/h9-12,14-15,18H,4-8H2,1-3H3,(H,16,17). The number of hydroxylamine groups is 3. The number of rotatable bonds is 3. The van der Waals surface area contributed by atoms with E-state index in [1.54, 1.807) is 7.11 Å². The Labute approximate surface area is 120 Å². The van der Waals surface area contributed by atoms with E-state index < -0.39 is 0 Å². The van der Waals surface area contributed by atoms with Crippen molar-refractivity contribution in [2.24, 2.45) is 10.9 Å². The van der Waals surface area contributed by atoms with Crippen LogP contribution in [0.2, 0.25) is 0 Å². The van der Waals surface area contributed by atoms with Gasteiger partial charge in [-0.25, -0.2) is 4.99 Å². The van der Waals surface area contributed by atoms with Crippen LogP contribution in [0.1, 0.15) is 26.7 Å². The SMILES string of the molecule is CONC(=NC1CC(C)CC(C)N1)C1C[NH+]([O-])CCN1. The molecule has 2 aliphatic heterocycles. The third-order valence-electron chi connectivity index (χ3n) is 3.92. The van der Waals surface area contributed by atoms with Crippen molar-refractivity contribution in [3.63, 3.8) is 0 Å². The average Bonchev–Trinajstić information content (AvgIpc) is 2.37. The van der Waals surface area contributed by atoms with Gasteiger partial charge in [0.05, 0.1) is 20.2 Å². The molecule has 7 heteroatoms. The van der Waals surface area contributed by atoms with Crippen molar-refractivity contribution in [1.29, 1.82) is 0 Å². The molecule has 2 heterocycles. The topological polar surface area (TPSA) is 85.2 Å². The highest BCUT2D eigenvalue weighted by Gasteiger charge is 2.27. The summed E-state index contributed by atoms with van der Waals surface area (Å²) in [6, 6.07) is 0.405. The molecular weight excluding hydrogens is 258 g/mol. The maximum absolute atomic E-state index is 11.6. The molecule has 4 N–H and O–H groups in total. The normalized spacial score (nSPS) is 39.6. The summed E-state index contributed by atoms with van der Waals surface area (Å²) in [5.41, 5.74) is 2.85. The Morgan fingerprint density at radius 2 is 2.20 bits per heavy atom. The number of amidine groups is 1. The van der Waals surface area contributed by atoms with Crippen LogP contribution in [-0.2, 0) is 4.84 Å². The second kappa shape index (κ2) is 7.33. The third-order valence-corrected chi connectivity index (χ3v) is 3.92. The molecule has 20 heavy (non-hydrogen) atoms. The van der Waals surface area contributed by atoms with Crippen LogP contribution in [0.3, 0.4) is 0 Å². The fourth-order valence-corrected chi connectivity index (χ4v) is 3.08. The van der Waals surface area contributed by atoms with Crippen molar-refractivity contribution in [2.45, 2.75) is 44.9 Å². The molecule has 0 aromatic heterocycles. The number of nitrogens with zero attached hydrogens (tertiary/aromatic N) is 1. The Morgan fingerprint density at radius 1 is 1.40 bits per heavy atom. The monoisotopic (exact) mass is 285 g/mol. The smallest absolute Gasteiger partial charge is 0.145 e. The van der Waals surface area contributed by atoms with Crippen molar-refractivity contribution in [2.75, 3.05) is 26.7 Å². The first kappa shape index (κ1) is 15.7. The first-order valence-electron chi connectivity index (χ1n) is 7.46. The number of nitrogens with one attached hydrogen (secondary N) is 4. The Bertz CT molecular complexity index is 329. The van der Waals surface area contributed by atoms with Crippen molar-refractivity contribution >= 4 is 5.84 Å². The van der Waals surface area contributed by atoms with E-state index in [-0.39, 0.29) is 17.3 Å². The molecular formula is C13H27N5O2. The highest BCUT2D eigenvalue weighted by Crippen LogP contribution is 2.20. The number of aliphatic imine (C=N–C) groups is 1. The number of piperidine rings is 1. The minimum Gasteiger partial charge on any atom is -0.634 e. The molecule has 0 saturated carbocycles. The lowest BCUT2D eigenvalue weighted by atomic mass is 9.93. The first-order valence-corrected chi connectivity index (χ1v) is 7.46. The van der Waals surface area contributed by atoms with Gasteiger partial charge in [0, 0.05) is 12.6 Å². The van der Waals surface area contributed by atoms with Crippen LogP contribution in [0.4, 0.5) is 0 Å². The fourth-order valence-electron chi connectivity index (χ4n) is 3.08. The van der Waals surface area contributed by atoms with Gasteiger partial charge in [-0.05, 0) is 25.7 Å². The van der Waals surface area contributed by atoms with Crippen LogP contribution in [0, 0.1) is 11.1 Å². The molecule has 2 aliphatic rings. The highest BCUT2D eigenvalue weighted by atomic mass is 16.6. The van der Waals surface area contributed by atoms with Crippen molar-refractivity contribution in [3.8, 4) is 0 Å². The Morgan fingerprint density at radius 3 is 2.85 bits per heavy atom. The molecule has 0 radical (unpaired) electrons. The molecule has 5 atom stereocenters. The zero-order chi connectivity index (χ0) is 14.5. The third kappa shape index (κ3) is 4.39. The van der Waals surface area contributed by atoms with Crippen LogP contribution in [0.25, 0.3) is 0 Å². The summed E-state index contributed by atoms with van der Waals surface area (Å²) < 4.78 is 0. The number of hydrogen-bond acceptors (Lipinski definition) is 5. The van der Waals surface area contributed by atoms with E-state index in [1.807, 2.05) is 0 Å². The van der Waals surface area contributed by atoms with E-state index in [1.165, 1.54) is 6.42 Å². The van der Waals surface area contributed by atoms with Gasteiger partial charge in [-0.1, -0.05) is 6.92 Å². The number of piperazine rings is 1. The van der Waals surface area contributed by atoms with Gasteiger partial charge in [0.25, 0.3) is 0 Å². The second-order valence-electron chi connectivity index (χ2n) is 5.98. The van der Waals surface area contributed by atoms with Gasteiger partial charge in [0.2, 0.25) is 0 Å². The lowest BCUT2D eigenvalue weighted by molar-refractivity contribution is -0.851. The minimum atomic E-state index is -0.0643. The summed E-state index contributed by atoms with van der Waals surface area (Å²) in [5.74, 6) is 1.38. The van der Waals surface area contributed by atoms with Crippen LogP contribution < -0.4 is 21.2 Å².